The average Bonchev–Trinajstić information content (AvgIpc) is 2.91. The second kappa shape index (κ2) is 7.59. The molecule has 1 unspecified atom stereocenters. The SMILES string of the molecule is CCOc1cc(C(CC(=O)O)N2C(=O)c3cccc(N)c3C2=O)ccc1OC. The predicted octanol–water partition coefficient (Wildman–Crippen LogP) is 2.49. The zero-order chi connectivity index (χ0) is 20.4. The number of methoxy groups -OCH3 is 1. The summed E-state index contributed by atoms with van der Waals surface area (Å²) < 4.78 is 10.8. The molecule has 0 saturated carbocycles. The topological polar surface area (TPSA) is 119 Å². The smallest absolute Gasteiger partial charge is 0.305 e. The van der Waals surface area contributed by atoms with Crippen LogP contribution in [0.5, 0.6) is 11.5 Å². The molecule has 2 amide bonds. The van der Waals surface area contributed by atoms with Gasteiger partial charge in [-0.15, -0.1) is 0 Å². The van der Waals surface area contributed by atoms with Gasteiger partial charge in [0.15, 0.2) is 11.5 Å². The van der Waals surface area contributed by atoms with Crippen LogP contribution in [0.1, 0.15) is 45.7 Å². The van der Waals surface area contributed by atoms with E-state index in [1.807, 2.05) is 0 Å². The number of hydrogen-bond acceptors (Lipinski definition) is 6. The summed E-state index contributed by atoms with van der Waals surface area (Å²) in [4.78, 5) is 38.3. The standard InChI is InChI=1S/C20H20N2O6/c1-3-28-16-9-11(7-8-15(16)27-2)14(10-17(23)24)22-19(25)12-5-4-6-13(21)18(12)20(22)26/h4-9,14H,3,10,21H2,1-2H3,(H,23,24). The molecule has 1 atom stereocenters. The van der Waals surface area contributed by atoms with Crippen molar-refractivity contribution in [1.82, 2.24) is 4.90 Å². The van der Waals surface area contributed by atoms with Gasteiger partial charge < -0.3 is 20.3 Å². The Morgan fingerprint density at radius 2 is 1.93 bits per heavy atom. The minimum atomic E-state index is -1.15. The molecule has 0 saturated heterocycles. The zero-order valence-electron chi connectivity index (χ0n) is 15.5. The Balaban J connectivity index is 2.09. The fourth-order valence-electron chi connectivity index (χ4n) is 3.31. The van der Waals surface area contributed by atoms with E-state index in [2.05, 4.69) is 0 Å². The van der Waals surface area contributed by atoms with E-state index in [0.29, 0.717) is 23.7 Å². The molecule has 8 heteroatoms. The molecular formula is C20H20N2O6. The van der Waals surface area contributed by atoms with Crippen molar-refractivity contribution in [1.29, 1.82) is 0 Å². The van der Waals surface area contributed by atoms with Crippen molar-refractivity contribution < 1.29 is 29.0 Å². The van der Waals surface area contributed by atoms with Gasteiger partial charge in [-0.1, -0.05) is 12.1 Å². The third-order valence-corrected chi connectivity index (χ3v) is 4.53. The number of amides is 2. The van der Waals surface area contributed by atoms with Crippen molar-refractivity contribution in [3.05, 3.63) is 53.1 Å². The van der Waals surface area contributed by atoms with E-state index in [4.69, 9.17) is 15.2 Å². The number of imide groups is 1. The maximum absolute atomic E-state index is 12.9. The van der Waals surface area contributed by atoms with Crippen LogP contribution >= 0.6 is 0 Å². The Hall–Kier alpha value is -3.55. The second-order valence-corrected chi connectivity index (χ2v) is 6.21. The summed E-state index contributed by atoms with van der Waals surface area (Å²) in [5.41, 5.74) is 6.76. The van der Waals surface area contributed by atoms with Gasteiger partial charge in [0.05, 0.1) is 37.3 Å². The number of benzene rings is 2. The van der Waals surface area contributed by atoms with Crippen LogP contribution in [0.25, 0.3) is 0 Å². The first-order valence-corrected chi connectivity index (χ1v) is 8.67. The summed E-state index contributed by atoms with van der Waals surface area (Å²) in [7, 11) is 1.49. The highest BCUT2D eigenvalue weighted by atomic mass is 16.5. The maximum Gasteiger partial charge on any atom is 0.305 e. The maximum atomic E-state index is 12.9. The van der Waals surface area contributed by atoms with Gasteiger partial charge in [-0.05, 0) is 36.8 Å². The largest absolute Gasteiger partial charge is 0.493 e. The number of rotatable bonds is 7. The number of aliphatic carboxylic acids is 1. The number of carbonyl (C=O) groups excluding carboxylic acids is 2. The summed E-state index contributed by atoms with van der Waals surface area (Å²) in [6.07, 6.45) is -0.455. The molecule has 2 aromatic carbocycles. The monoisotopic (exact) mass is 384 g/mol. The second-order valence-electron chi connectivity index (χ2n) is 6.21. The van der Waals surface area contributed by atoms with E-state index < -0.39 is 30.2 Å². The summed E-state index contributed by atoms with van der Waals surface area (Å²) in [6, 6.07) is 8.40. The number of carboxylic acids is 1. The van der Waals surface area contributed by atoms with Crippen LogP contribution in [0.15, 0.2) is 36.4 Å². The van der Waals surface area contributed by atoms with Gasteiger partial charge in [-0.25, -0.2) is 0 Å². The van der Waals surface area contributed by atoms with Gasteiger partial charge in [-0.2, -0.15) is 0 Å². The number of ether oxygens (including phenoxy) is 2. The summed E-state index contributed by atoms with van der Waals surface area (Å²) >= 11 is 0. The Morgan fingerprint density at radius 3 is 2.54 bits per heavy atom. The van der Waals surface area contributed by atoms with Crippen LogP contribution in [0.4, 0.5) is 5.69 Å². The number of nitrogens with two attached hydrogens (primary N) is 1. The van der Waals surface area contributed by atoms with Gasteiger partial charge in [0.1, 0.15) is 0 Å². The van der Waals surface area contributed by atoms with E-state index in [-0.39, 0.29) is 16.8 Å². The van der Waals surface area contributed by atoms with E-state index in [1.54, 1.807) is 31.2 Å². The molecule has 0 radical (unpaired) electrons. The highest BCUT2D eigenvalue weighted by Crippen LogP contribution is 2.38. The molecule has 1 aliphatic heterocycles. The summed E-state index contributed by atoms with van der Waals surface area (Å²) in [6.45, 7) is 2.17. The van der Waals surface area contributed by atoms with Crippen LogP contribution in [0.2, 0.25) is 0 Å². The molecule has 0 bridgehead atoms. The van der Waals surface area contributed by atoms with E-state index >= 15 is 0 Å². The molecule has 3 rings (SSSR count). The van der Waals surface area contributed by atoms with Gasteiger partial charge in [0, 0.05) is 5.69 Å². The third-order valence-electron chi connectivity index (χ3n) is 4.53. The van der Waals surface area contributed by atoms with Gasteiger partial charge in [0.25, 0.3) is 11.8 Å². The number of nitrogen functional groups attached to an aromatic ring is 1. The van der Waals surface area contributed by atoms with Crippen molar-refractivity contribution >= 4 is 23.5 Å². The van der Waals surface area contributed by atoms with Crippen LogP contribution in [0, 0.1) is 0 Å². The van der Waals surface area contributed by atoms with Crippen molar-refractivity contribution in [2.75, 3.05) is 19.5 Å². The van der Waals surface area contributed by atoms with Crippen molar-refractivity contribution in [2.24, 2.45) is 0 Å². The Kier molecular flexibility index (Phi) is 5.21. The first-order chi connectivity index (χ1) is 13.4. The fraction of sp³-hybridized carbons (Fsp3) is 0.250. The van der Waals surface area contributed by atoms with E-state index in [1.165, 1.54) is 19.2 Å². The molecule has 2 aromatic rings. The number of hydrogen-bond donors (Lipinski definition) is 2. The van der Waals surface area contributed by atoms with Crippen molar-refractivity contribution in [3.8, 4) is 11.5 Å². The first-order valence-electron chi connectivity index (χ1n) is 8.67. The van der Waals surface area contributed by atoms with Crippen LogP contribution in [-0.2, 0) is 4.79 Å². The molecule has 3 N–H and O–H groups in total. The molecule has 8 nitrogen and oxygen atoms in total. The average molecular weight is 384 g/mol. The number of carboxylic acid groups (broad SMARTS) is 1. The number of carbonyl (C=O) groups is 3. The molecule has 1 heterocycles. The Morgan fingerprint density at radius 1 is 1.18 bits per heavy atom. The predicted molar refractivity (Wildman–Crippen MR) is 101 cm³/mol. The highest BCUT2D eigenvalue weighted by Gasteiger charge is 2.42. The minimum Gasteiger partial charge on any atom is -0.493 e. The van der Waals surface area contributed by atoms with E-state index in [0.717, 1.165) is 4.90 Å². The Labute approximate surface area is 161 Å². The first kappa shape index (κ1) is 19.2. The normalized spacial score (nSPS) is 14.0. The lowest BCUT2D eigenvalue weighted by Crippen LogP contribution is -2.35. The molecule has 0 aromatic heterocycles. The van der Waals surface area contributed by atoms with E-state index in [9.17, 15) is 19.5 Å². The van der Waals surface area contributed by atoms with Crippen LogP contribution in [-0.4, -0.2) is 41.5 Å². The van der Waals surface area contributed by atoms with Crippen LogP contribution < -0.4 is 15.2 Å². The molecular weight excluding hydrogens is 364 g/mol. The van der Waals surface area contributed by atoms with Crippen LogP contribution in [0.3, 0.4) is 0 Å². The molecule has 0 aliphatic carbocycles. The summed E-state index contributed by atoms with van der Waals surface area (Å²) in [5.74, 6) is -1.48. The molecule has 28 heavy (non-hydrogen) atoms. The fourth-order valence-corrected chi connectivity index (χ4v) is 3.31. The number of anilines is 1. The number of nitrogens with zero attached hydrogens (tertiary/aromatic N) is 1. The third kappa shape index (κ3) is 3.24. The lowest BCUT2D eigenvalue weighted by molar-refractivity contribution is -0.138. The highest BCUT2D eigenvalue weighted by molar-refractivity contribution is 6.23. The molecule has 0 fully saturated rings. The Bertz CT molecular complexity index is 956. The van der Waals surface area contributed by atoms with Gasteiger partial charge in [-0.3, -0.25) is 19.3 Å². The van der Waals surface area contributed by atoms with Crippen molar-refractivity contribution in [2.45, 2.75) is 19.4 Å². The van der Waals surface area contributed by atoms with Gasteiger partial charge in [0.2, 0.25) is 0 Å². The molecule has 1 aliphatic rings. The minimum absolute atomic E-state index is 0.0985. The lowest BCUT2D eigenvalue weighted by atomic mass is 10.0. The lowest BCUT2D eigenvalue weighted by Gasteiger charge is -2.26. The summed E-state index contributed by atoms with van der Waals surface area (Å²) in [5, 5.41) is 9.39. The molecule has 146 valence electrons. The van der Waals surface area contributed by atoms with Crippen molar-refractivity contribution in [3.63, 3.8) is 0 Å². The quantitative estimate of drug-likeness (QED) is 0.556. The number of fused-ring (bicyclic) bond motifs is 1. The molecule has 0 spiro atoms. The van der Waals surface area contributed by atoms with Gasteiger partial charge >= 0.3 is 5.97 Å². The zero-order valence-corrected chi connectivity index (χ0v) is 15.5.